The van der Waals surface area contributed by atoms with Crippen LogP contribution in [0.5, 0.6) is 11.5 Å². The van der Waals surface area contributed by atoms with E-state index in [0.29, 0.717) is 22.4 Å². The van der Waals surface area contributed by atoms with E-state index < -0.39 is 21.6 Å². The van der Waals surface area contributed by atoms with Crippen molar-refractivity contribution in [3.05, 3.63) is 57.9 Å². The number of nitrogens with one attached hydrogen (secondary N) is 1. The maximum atomic E-state index is 12.7. The second-order valence-corrected chi connectivity index (χ2v) is 8.67. The predicted octanol–water partition coefficient (Wildman–Crippen LogP) is 2.80. The number of sulfonamides is 1. The van der Waals surface area contributed by atoms with E-state index in [1.165, 1.54) is 31.4 Å². The Balaban J connectivity index is 2.01. The predicted molar refractivity (Wildman–Crippen MR) is 115 cm³/mol. The molecule has 0 atom stereocenters. The van der Waals surface area contributed by atoms with Gasteiger partial charge in [0, 0.05) is 11.1 Å². The van der Waals surface area contributed by atoms with Crippen LogP contribution in [0.25, 0.3) is 11.0 Å². The molecular formula is C21H22N2O7S. The molecule has 9 nitrogen and oxygen atoms in total. The standard InChI is InChI=1S/C21H22N2O7S/c1-11(2)29-19-17(28-4)8-5-13-10-15(21(25)30-18(13)19)20(24)23-16-7-6-14(9-12(16)3)31(22,26)27/h5-11H,1-4H3,(H,23,24)(H2,22,26,27). The maximum absolute atomic E-state index is 12.7. The number of benzene rings is 2. The van der Waals surface area contributed by atoms with Crippen molar-refractivity contribution in [2.45, 2.75) is 31.8 Å². The molecule has 0 aliphatic carbocycles. The number of primary sulfonamides is 1. The monoisotopic (exact) mass is 446 g/mol. The number of fused-ring (bicyclic) bond motifs is 1. The first-order valence-electron chi connectivity index (χ1n) is 9.27. The van der Waals surface area contributed by atoms with Crippen LogP contribution < -0.4 is 25.6 Å². The molecule has 1 amide bonds. The minimum absolute atomic E-state index is 0.0835. The Morgan fingerprint density at radius 2 is 1.87 bits per heavy atom. The number of hydrogen-bond donors (Lipinski definition) is 2. The lowest BCUT2D eigenvalue weighted by Crippen LogP contribution is -2.21. The zero-order chi connectivity index (χ0) is 22.9. The number of nitrogens with two attached hydrogens (primary N) is 1. The minimum atomic E-state index is -3.87. The van der Waals surface area contributed by atoms with Gasteiger partial charge >= 0.3 is 5.63 Å². The molecule has 0 saturated heterocycles. The molecule has 0 unspecified atom stereocenters. The second kappa shape index (κ2) is 8.40. The minimum Gasteiger partial charge on any atom is -0.493 e. The summed E-state index contributed by atoms with van der Waals surface area (Å²) in [7, 11) is -2.40. The third-order valence-corrected chi connectivity index (χ3v) is 5.32. The van der Waals surface area contributed by atoms with Crippen molar-refractivity contribution >= 4 is 32.6 Å². The Kier molecular flexibility index (Phi) is 6.05. The fourth-order valence-corrected chi connectivity index (χ4v) is 3.55. The average molecular weight is 446 g/mol. The van der Waals surface area contributed by atoms with Crippen LogP contribution in [0.4, 0.5) is 5.69 Å². The van der Waals surface area contributed by atoms with Crippen LogP contribution in [0.1, 0.15) is 29.8 Å². The van der Waals surface area contributed by atoms with E-state index in [9.17, 15) is 18.0 Å². The highest BCUT2D eigenvalue weighted by atomic mass is 32.2. The van der Waals surface area contributed by atoms with Crippen molar-refractivity contribution in [1.29, 1.82) is 0 Å². The third-order valence-electron chi connectivity index (χ3n) is 4.41. The van der Waals surface area contributed by atoms with Gasteiger partial charge in [-0.05, 0) is 62.7 Å². The molecular weight excluding hydrogens is 424 g/mol. The van der Waals surface area contributed by atoms with Crippen molar-refractivity contribution in [1.82, 2.24) is 0 Å². The van der Waals surface area contributed by atoms with Crippen LogP contribution in [0.2, 0.25) is 0 Å². The Hall–Kier alpha value is -3.37. The van der Waals surface area contributed by atoms with Crippen LogP contribution in [0, 0.1) is 6.92 Å². The van der Waals surface area contributed by atoms with Crippen molar-refractivity contribution < 1.29 is 27.1 Å². The van der Waals surface area contributed by atoms with E-state index in [2.05, 4.69) is 5.32 Å². The molecule has 0 bridgehead atoms. The summed E-state index contributed by atoms with van der Waals surface area (Å²) in [5.41, 5.74) is -0.116. The number of ether oxygens (including phenoxy) is 2. The summed E-state index contributed by atoms with van der Waals surface area (Å²) in [5.74, 6) is -0.0372. The first-order chi connectivity index (χ1) is 14.5. The molecule has 10 heteroatoms. The maximum Gasteiger partial charge on any atom is 0.349 e. The van der Waals surface area contributed by atoms with Crippen molar-refractivity contribution in [3.8, 4) is 11.5 Å². The lowest BCUT2D eigenvalue weighted by Gasteiger charge is -2.15. The summed E-state index contributed by atoms with van der Waals surface area (Å²) >= 11 is 0. The Labute approximate surface area is 178 Å². The van der Waals surface area contributed by atoms with E-state index in [0.717, 1.165) is 0 Å². The van der Waals surface area contributed by atoms with Gasteiger partial charge in [0.25, 0.3) is 5.91 Å². The topological polar surface area (TPSA) is 138 Å². The second-order valence-electron chi connectivity index (χ2n) is 7.11. The van der Waals surface area contributed by atoms with Gasteiger partial charge in [0.2, 0.25) is 15.8 Å². The lowest BCUT2D eigenvalue weighted by atomic mass is 10.1. The van der Waals surface area contributed by atoms with Gasteiger partial charge in [-0.15, -0.1) is 0 Å². The summed E-state index contributed by atoms with van der Waals surface area (Å²) in [5, 5.41) is 8.18. The molecule has 0 aliphatic heterocycles. The number of hydrogen-bond acceptors (Lipinski definition) is 7. The molecule has 0 saturated carbocycles. The Bertz CT molecular complexity index is 1330. The fraction of sp³-hybridized carbons (Fsp3) is 0.238. The van der Waals surface area contributed by atoms with E-state index in [-0.39, 0.29) is 27.9 Å². The van der Waals surface area contributed by atoms with Crippen LogP contribution in [-0.2, 0) is 10.0 Å². The molecule has 31 heavy (non-hydrogen) atoms. The van der Waals surface area contributed by atoms with Gasteiger partial charge in [-0.3, -0.25) is 4.79 Å². The number of amides is 1. The summed E-state index contributed by atoms with van der Waals surface area (Å²) < 4.78 is 39.4. The van der Waals surface area contributed by atoms with E-state index >= 15 is 0 Å². The Morgan fingerprint density at radius 1 is 1.16 bits per heavy atom. The quantitative estimate of drug-likeness (QED) is 0.555. The summed E-state index contributed by atoms with van der Waals surface area (Å²) in [6.45, 7) is 5.25. The number of rotatable bonds is 6. The lowest BCUT2D eigenvalue weighted by molar-refractivity contribution is 0.102. The van der Waals surface area contributed by atoms with Gasteiger partial charge in [-0.25, -0.2) is 18.4 Å². The summed E-state index contributed by atoms with van der Waals surface area (Å²) in [6, 6.07) is 8.69. The number of carbonyl (C=O) groups excluding carboxylic acids is 1. The zero-order valence-electron chi connectivity index (χ0n) is 17.4. The molecule has 3 rings (SSSR count). The normalized spacial score (nSPS) is 11.5. The van der Waals surface area contributed by atoms with E-state index in [1.807, 2.05) is 13.8 Å². The van der Waals surface area contributed by atoms with Gasteiger partial charge in [-0.2, -0.15) is 0 Å². The molecule has 1 heterocycles. The fourth-order valence-electron chi connectivity index (χ4n) is 2.95. The largest absolute Gasteiger partial charge is 0.493 e. The van der Waals surface area contributed by atoms with Gasteiger partial charge < -0.3 is 19.2 Å². The highest BCUT2D eigenvalue weighted by Gasteiger charge is 2.20. The SMILES string of the molecule is COc1ccc2cc(C(=O)Nc3ccc(S(N)(=O)=O)cc3C)c(=O)oc2c1OC(C)C. The van der Waals surface area contributed by atoms with Gasteiger partial charge in [0.05, 0.1) is 18.1 Å². The van der Waals surface area contributed by atoms with Crippen molar-refractivity contribution in [2.24, 2.45) is 5.14 Å². The summed E-state index contributed by atoms with van der Waals surface area (Å²) in [4.78, 5) is 25.2. The molecule has 3 aromatic rings. The molecule has 3 N–H and O–H groups in total. The molecule has 2 aromatic carbocycles. The zero-order valence-corrected chi connectivity index (χ0v) is 18.2. The Morgan fingerprint density at radius 3 is 2.45 bits per heavy atom. The van der Waals surface area contributed by atoms with Crippen LogP contribution in [-0.4, -0.2) is 27.5 Å². The van der Waals surface area contributed by atoms with Crippen LogP contribution >= 0.6 is 0 Å². The smallest absolute Gasteiger partial charge is 0.349 e. The third kappa shape index (κ3) is 4.70. The molecule has 1 aromatic heterocycles. The highest BCUT2D eigenvalue weighted by Crippen LogP contribution is 2.36. The first-order valence-corrected chi connectivity index (χ1v) is 10.8. The molecule has 0 fully saturated rings. The van der Waals surface area contributed by atoms with Crippen molar-refractivity contribution in [3.63, 3.8) is 0 Å². The van der Waals surface area contributed by atoms with Gasteiger partial charge in [0.1, 0.15) is 5.56 Å². The summed E-state index contributed by atoms with van der Waals surface area (Å²) in [6.07, 6.45) is -0.198. The number of anilines is 1. The molecule has 164 valence electrons. The van der Waals surface area contributed by atoms with Gasteiger partial charge in [-0.1, -0.05) is 0 Å². The van der Waals surface area contributed by atoms with E-state index in [4.69, 9.17) is 19.0 Å². The van der Waals surface area contributed by atoms with Crippen molar-refractivity contribution in [2.75, 3.05) is 12.4 Å². The molecule has 0 aliphatic rings. The number of aryl methyl sites for hydroxylation is 1. The highest BCUT2D eigenvalue weighted by molar-refractivity contribution is 7.89. The van der Waals surface area contributed by atoms with Gasteiger partial charge in [0.15, 0.2) is 11.3 Å². The van der Waals surface area contributed by atoms with Crippen LogP contribution in [0.3, 0.4) is 0 Å². The van der Waals surface area contributed by atoms with Crippen LogP contribution in [0.15, 0.2) is 50.5 Å². The average Bonchev–Trinajstić information content (AvgIpc) is 2.68. The number of carbonyl (C=O) groups is 1. The molecule has 0 spiro atoms. The first kappa shape index (κ1) is 22.3. The molecule has 0 radical (unpaired) electrons. The van der Waals surface area contributed by atoms with E-state index in [1.54, 1.807) is 19.1 Å². The number of methoxy groups -OCH3 is 1.